The molecule has 1 aromatic carbocycles. The summed E-state index contributed by atoms with van der Waals surface area (Å²) in [6.45, 7) is 1.26. The van der Waals surface area contributed by atoms with Crippen molar-refractivity contribution in [3.05, 3.63) is 35.4 Å². The van der Waals surface area contributed by atoms with Gasteiger partial charge in [-0.15, -0.1) is 0 Å². The molecular weight excluding hydrogens is 368 g/mol. The van der Waals surface area contributed by atoms with Gasteiger partial charge < -0.3 is 19.9 Å². The minimum Gasteiger partial charge on any atom is -0.480 e. The number of rotatable bonds is 8. The number of aliphatic carboxylic acids is 1. The molecule has 0 aliphatic carbocycles. The topological polar surface area (TPSA) is 119 Å². The van der Waals surface area contributed by atoms with Crippen LogP contribution in [0.1, 0.15) is 12.5 Å². The Hall–Kier alpha value is -3.04. The molecule has 0 aliphatic rings. The highest BCUT2D eigenvalue weighted by Gasteiger charge is 2.41. The summed E-state index contributed by atoms with van der Waals surface area (Å²) < 4.78 is 35.1. The van der Waals surface area contributed by atoms with Crippen molar-refractivity contribution in [3.63, 3.8) is 0 Å². The van der Waals surface area contributed by atoms with Crippen LogP contribution in [0.25, 0.3) is 0 Å². The first-order valence-electron chi connectivity index (χ1n) is 7.74. The highest BCUT2D eigenvalue weighted by Crippen LogP contribution is 2.20. The Morgan fingerprint density at radius 3 is 2.07 bits per heavy atom. The normalized spacial score (nSPS) is 12.8. The van der Waals surface area contributed by atoms with E-state index in [2.05, 4.69) is 14.8 Å². The minimum absolute atomic E-state index is 0.112. The highest BCUT2D eigenvalue weighted by atomic mass is 19.2. The van der Waals surface area contributed by atoms with Crippen molar-refractivity contribution >= 4 is 23.8 Å². The number of methoxy groups -OCH3 is 2. The predicted molar refractivity (Wildman–Crippen MR) is 86.3 cm³/mol. The second-order valence-electron chi connectivity index (χ2n) is 5.69. The van der Waals surface area contributed by atoms with Gasteiger partial charge in [-0.25, -0.2) is 13.6 Å². The summed E-state index contributed by atoms with van der Waals surface area (Å²) >= 11 is 0. The first-order valence-corrected chi connectivity index (χ1v) is 7.74. The molecule has 2 atom stereocenters. The summed E-state index contributed by atoms with van der Waals surface area (Å²) in [6, 6.07) is 1.17. The standard InChI is InChI=1S/C17H19F2NO7/c1-8(13(16(24)26-2)17(25)27-3)14(15(22)23)20-12(21)7-9-4-5-10(18)11(19)6-9/h4-6,8,13-14H,7H2,1-3H3,(H,20,21)(H,22,23)/t8-,14+/m1/s1. The third kappa shape index (κ3) is 5.73. The lowest BCUT2D eigenvalue weighted by atomic mass is 9.87. The van der Waals surface area contributed by atoms with Crippen LogP contribution >= 0.6 is 0 Å². The van der Waals surface area contributed by atoms with Crippen LogP contribution in [0.4, 0.5) is 8.78 Å². The van der Waals surface area contributed by atoms with Gasteiger partial charge in [0.25, 0.3) is 0 Å². The smallest absolute Gasteiger partial charge is 0.326 e. The second-order valence-corrected chi connectivity index (χ2v) is 5.69. The fraction of sp³-hybridized carbons (Fsp3) is 0.412. The molecule has 0 bridgehead atoms. The summed E-state index contributed by atoms with van der Waals surface area (Å²) in [6.07, 6.45) is -0.436. The van der Waals surface area contributed by atoms with Gasteiger partial charge in [-0.05, 0) is 17.7 Å². The number of nitrogens with one attached hydrogen (secondary N) is 1. The number of ether oxygens (including phenoxy) is 2. The molecule has 0 heterocycles. The lowest BCUT2D eigenvalue weighted by Gasteiger charge is -2.26. The zero-order chi connectivity index (χ0) is 20.7. The number of halogens is 2. The maximum absolute atomic E-state index is 13.2. The van der Waals surface area contributed by atoms with Crippen LogP contribution < -0.4 is 5.32 Å². The third-order valence-corrected chi connectivity index (χ3v) is 3.89. The van der Waals surface area contributed by atoms with E-state index in [1.807, 2.05) is 0 Å². The van der Waals surface area contributed by atoms with Crippen LogP contribution in [0.3, 0.4) is 0 Å². The highest BCUT2D eigenvalue weighted by molar-refractivity contribution is 5.96. The van der Waals surface area contributed by atoms with Crippen molar-refractivity contribution in [1.82, 2.24) is 5.32 Å². The van der Waals surface area contributed by atoms with Crippen LogP contribution in [0.15, 0.2) is 18.2 Å². The van der Waals surface area contributed by atoms with Gasteiger partial charge in [0.1, 0.15) is 6.04 Å². The number of carbonyl (C=O) groups excluding carboxylic acids is 3. The van der Waals surface area contributed by atoms with E-state index in [1.165, 1.54) is 13.0 Å². The largest absolute Gasteiger partial charge is 0.480 e. The molecule has 2 N–H and O–H groups in total. The van der Waals surface area contributed by atoms with Crippen LogP contribution in [-0.2, 0) is 35.1 Å². The Kier molecular flexibility index (Phi) is 7.82. The quantitative estimate of drug-likeness (QED) is 0.497. The molecule has 148 valence electrons. The molecule has 1 aromatic rings. The summed E-state index contributed by atoms with van der Waals surface area (Å²) in [5.41, 5.74) is 0.112. The Morgan fingerprint density at radius 2 is 1.63 bits per heavy atom. The molecule has 0 aromatic heterocycles. The Bertz CT molecular complexity index is 722. The van der Waals surface area contributed by atoms with Crippen LogP contribution in [-0.4, -0.2) is 49.2 Å². The monoisotopic (exact) mass is 387 g/mol. The number of hydrogen-bond acceptors (Lipinski definition) is 6. The number of hydrogen-bond donors (Lipinski definition) is 2. The van der Waals surface area contributed by atoms with Gasteiger partial charge >= 0.3 is 17.9 Å². The molecule has 1 amide bonds. The van der Waals surface area contributed by atoms with E-state index in [9.17, 15) is 33.1 Å². The van der Waals surface area contributed by atoms with E-state index in [1.54, 1.807) is 0 Å². The van der Waals surface area contributed by atoms with Gasteiger partial charge in [0.15, 0.2) is 17.6 Å². The van der Waals surface area contributed by atoms with Crippen LogP contribution in [0.2, 0.25) is 0 Å². The minimum atomic E-state index is -1.63. The summed E-state index contributed by atoms with van der Waals surface area (Å²) in [4.78, 5) is 47.3. The molecule has 0 saturated heterocycles. The summed E-state index contributed by atoms with van der Waals surface area (Å²) in [5, 5.41) is 11.5. The number of esters is 2. The first-order chi connectivity index (χ1) is 12.6. The number of benzene rings is 1. The Morgan fingerprint density at radius 1 is 1.07 bits per heavy atom. The third-order valence-electron chi connectivity index (χ3n) is 3.89. The molecule has 27 heavy (non-hydrogen) atoms. The van der Waals surface area contributed by atoms with Crippen molar-refractivity contribution < 1.29 is 42.5 Å². The number of carbonyl (C=O) groups is 4. The Balaban J connectivity index is 2.97. The lowest BCUT2D eigenvalue weighted by Crippen LogP contribution is -2.50. The van der Waals surface area contributed by atoms with Crippen molar-refractivity contribution in [2.24, 2.45) is 11.8 Å². The van der Waals surface area contributed by atoms with Crippen molar-refractivity contribution in [3.8, 4) is 0 Å². The van der Waals surface area contributed by atoms with E-state index >= 15 is 0 Å². The number of carboxylic acids is 1. The molecule has 0 radical (unpaired) electrons. The average molecular weight is 387 g/mol. The van der Waals surface area contributed by atoms with E-state index in [4.69, 9.17) is 0 Å². The first kappa shape index (κ1) is 22.0. The summed E-state index contributed by atoms with van der Waals surface area (Å²) in [5.74, 6) is -9.39. The number of amides is 1. The maximum Gasteiger partial charge on any atom is 0.326 e. The van der Waals surface area contributed by atoms with E-state index in [-0.39, 0.29) is 5.56 Å². The zero-order valence-corrected chi connectivity index (χ0v) is 14.8. The van der Waals surface area contributed by atoms with Gasteiger partial charge in [0.2, 0.25) is 5.91 Å². The molecule has 0 saturated carbocycles. The maximum atomic E-state index is 13.2. The van der Waals surface area contributed by atoms with Gasteiger partial charge in [-0.2, -0.15) is 0 Å². The van der Waals surface area contributed by atoms with Crippen LogP contribution in [0.5, 0.6) is 0 Å². The van der Waals surface area contributed by atoms with Crippen molar-refractivity contribution in [2.45, 2.75) is 19.4 Å². The number of carboxylic acid groups (broad SMARTS) is 1. The molecule has 8 nitrogen and oxygen atoms in total. The molecule has 1 rings (SSSR count). The summed E-state index contributed by atoms with van der Waals surface area (Å²) in [7, 11) is 2.03. The average Bonchev–Trinajstić information content (AvgIpc) is 2.62. The fourth-order valence-corrected chi connectivity index (χ4v) is 2.45. The van der Waals surface area contributed by atoms with Gasteiger partial charge in [0, 0.05) is 5.92 Å². The van der Waals surface area contributed by atoms with E-state index < -0.39 is 59.7 Å². The van der Waals surface area contributed by atoms with Gasteiger partial charge in [-0.3, -0.25) is 14.4 Å². The molecule has 0 spiro atoms. The van der Waals surface area contributed by atoms with Crippen molar-refractivity contribution in [1.29, 1.82) is 0 Å². The molecule has 0 fully saturated rings. The zero-order valence-electron chi connectivity index (χ0n) is 14.8. The van der Waals surface area contributed by atoms with E-state index in [0.717, 1.165) is 26.4 Å². The van der Waals surface area contributed by atoms with Crippen molar-refractivity contribution in [2.75, 3.05) is 14.2 Å². The molecular formula is C17H19F2NO7. The predicted octanol–water partition coefficient (Wildman–Crippen LogP) is 0.675. The molecule has 0 unspecified atom stereocenters. The second kappa shape index (κ2) is 9.60. The SMILES string of the molecule is COC(=O)C(C(=O)OC)[C@@H](C)[C@H](NC(=O)Cc1ccc(F)c(F)c1)C(=O)O. The lowest BCUT2D eigenvalue weighted by molar-refractivity contribution is -0.163. The molecule has 0 aliphatic heterocycles. The Labute approximate surface area is 153 Å². The van der Waals surface area contributed by atoms with Gasteiger partial charge in [-0.1, -0.05) is 13.0 Å². The molecule has 10 heteroatoms. The van der Waals surface area contributed by atoms with Gasteiger partial charge in [0.05, 0.1) is 20.6 Å². The fourth-order valence-electron chi connectivity index (χ4n) is 2.45. The van der Waals surface area contributed by atoms with Crippen LogP contribution in [0, 0.1) is 23.5 Å². The van der Waals surface area contributed by atoms with E-state index in [0.29, 0.717) is 0 Å².